The van der Waals surface area contributed by atoms with Gasteiger partial charge in [-0.25, -0.2) is 9.59 Å². The number of amides is 2. The van der Waals surface area contributed by atoms with Gasteiger partial charge in [0.05, 0.1) is 18.2 Å². The predicted octanol–water partition coefficient (Wildman–Crippen LogP) is 2.80. The van der Waals surface area contributed by atoms with Crippen molar-refractivity contribution in [1.82, 2.24) is 25.0 Å². The summed E-state index contributed by atoms with van der Waals surface area (Å²) in [6.45, 7) is 9.43. The van der Waals surface area contributed by atoms with E-state index in [1.165, 1.54) is 5.56 Å². The largest absolute Gasteiger partial charge is 0.463 e. The third-order valence-electron chi connectivity index (χ3n) is 6.35. The van der Waals surface area contributed by atoms with E-state index in [2.05, 4.69) is 26.2 Å². The van der Waals surface area contributed by atoms with Gasteiger partial charge in [-0.2, -0.15) is 0 Å². The highest BCUT2D eigenvalue weighted by atomic mass is 16.5. The van der Waals surface area contributed by atoms with Crippen molar-refractivity contribution in [1.29, 1.82) is 0 Å². The number of nitrogens with one attached hydrogen (secondary N) is 1. The Bertz CT molecular complexity index is 1000. The number of pyridine rings is 1. The van der Waals surface area contributed by atoms with Crippen LogP contribution in [0.25, 0.3) is 0 Å². The smallest absolute Gasteiger partial charge is 0.338 e. The third-order valence-corrected chi connectivity index (χ3v) is 6.35. The number of ether oxygens (including phenoxy) is 1. The molecular weight excluding hydrogens is 430 g/mol. The average Bonchev–Trinajstić information content (AvgIpc) is 2.86. The van der Waals surface area contributed by atoms with E-state index in [9.17, 15) is 9.59 Å². The van der Waals surface area contributed by atoms with Gasteiger partial charge in [0.25, 0.3) is 0 Å². The molecule has 1 saturated heterocycles. The molecular formula is C26H33N5O3. The summed E-state index contributed by atoms with van der Waals surface area (Å²) in [6.07, 6.45) is 3.70. The highest BCUT2D eigenvalue weighted by Crippen LogP contribution is 2.32. The molecule has 1 fully saturated rings. The van der Waals surface area contributed by atoms with Gasteiger partial charge in [-0.1, -0.05) is 36.4 Å². The van der Waals surface area contributed by atoms with Gasteiger partial charge in [0, 0.05) is 63.9 Å². The molecule has 2 aliphatic rings. The molecule has 1 atom stereocenters. The number of aromatic nitrogens is 1. The lowest BCUT2D eigenvalue weighted by molar-refractivity contribution is -0.139. The Morgan fingerprint density at radius 3 is 2.35 bits per heavy atom. The summed E-state index contributed by atoms with van der Waals surface area (Å²) >= 11 is 0. The summed E-state index contributed by atoms with van der Waals surface area (Å²) in [5.41, 5.74) is 3.33. The molecule has 3 heterocycles. The van der Waals surface area contributed by atoms with Crippen LogP contribution in [0.3, 0.4) is 0 Å². The summed E-state index contributed by atoms with van der Waals surface area (Å²) in [7, 11) is 0. The molecule has 34 heavy (non-hydrogen) atoms. The van der Waals surface area contributed by atoms with Crippen LogP contribution in [-0.4, -0.2) is 77.6 Å². The molecule has 2 aliphatic heterocycles. The second kappa shape index (κ2) is 11.3. The maximum absolute atomic E-state index is 13.2. The van der Waals surface area contributed by atoms with Gasteiger partial charge in [-0.05, 0) is 31.0 Å². The molecule has 0 bridgehead atoms. The second-order valence-electron chi connectivity index (χ2n) is 8.53. The molecule has 2 amide bonds. The van der Waals surface area contributed by atoms with E-state index < -0.39 is 6.04 Å². The van der Waals surface area contributed by atoms with Crippen LogP contribution < -0.4 is 5.32 Å². The van der Waals surface area contributed by atoms with E-state index >= 15 is 0 Å². The number of benzene rings is 1. The van der Waals surface area contributed by atoms with Crippen LogP contribution >= 0.6 is 0 Å². The van der Waals surface area contributed by atoms with Crippen molar-refractivity contribution in [2.24, 2.45) is 0 Å². The van der Waals surface area contributed by atoms with E-state index in [-0.39, 0.29) is 18.6 Å². The van der Waals surface area contributed by atoms with Gasteiger partial charge in [-0.3, -0.25) is 19.7 Å². The Morgan fingerprint density at radius 2 is 1.74 bits per heavy atom. The van der Waals surface area contributed by atoms with Crippen molar-refractivity contribution in [3.8, 4) is 0 Å². The zero-order valence-electron chi connectivity index (χ0n) is 19.9. The van der Waals surface area contributed by atoms with Crippen molar-refractivity contribution in [3.05, 3.63) is 77.3 Å². The maximum atomic E-state index is 13.2. The first-order chi connectivity index (χ1) is 16.6. The number of likely N-dealkylation sites (N-methyl/N-ethyl adjacent to an activating group) is 1. The van der Waals surface area contributed by atoms with E-state index in [4.69, 9.17) is 4.74 Å². The maximum Gasteiger partial charge on any atom is 0.338 e. The fraction of sp³-hybridized carbons (Fsp3) is 0.423. The Balaban J connectivity index is 1.56. The van der Waals surface area contributed by atoms with E-state index in [1.807, 2.05) is 49.5 Å². The van der Waals surface area contributed by atoms with Crippen LogP contribution in [0, 0.1) is 0 Å². The first kappa shape index (κ1) is 23.9. The van der Waals surface area contributed by atoms with Crippen LogP contribution in [-0.2, 0) is 16.1 Å². The van der Waals surface area contributed by atoms with E-state index in [1.54, 1.807) is 18.0 Å². The first-order valence-corrected chi connectivity index (χ1v) is 12.0. The minimum Gasteiger partial charge on any atom is -0.463 e. The molecule has 8 heteroatoms. The number of esters is 1. The lowest BCUT2D eigenvalue weighted by Crippen LogP contribution is -2.53. The van der Waals surface area contributed by atoms with Crippen LogP contribution in [0.1, 0.15) is 31.0 Å². The molecule has 2 aromatic rings. The van der Waals surface area contributed by atoms with Crippen molar-refractivity contribution in [2.75, 3.05) is 45.9 Å². The Kier molecular flexibility index (Phi) is 7.92. The van der Waals surface area contributed by atoms with Crippen molar-refractivity contribution in [2.45, 2.75) is 26.4 Å². The number of piperazine rings is 1. The number of nitrogens with zero attached hydrogens (tertiary/aromatic N) is 4. The minimum atomic E-state index is -0.530. The molecule has 8 nitrogen and oxygen atoms in total. The second-order valence-corrected chi connectivity index (χ2v) is 8.53. The predicted molar refractivity (Wildman–Crippen MR) is 130 cm³/mol. The summed E-state index contributed by atoms with van der Waals surface area (Å²) in [5.74, 6) is -0.375. The fourth-order valence-corrected chi connectivity index (χ4v) is 4.62. The molecule has 1 aromatic carbocycles. The summed E-state index contributed by atoms with van der Waals surface area (Å²) < 4.78 is 5.46. The molecule has 180 valence electrons. The van der Waals surface area contributed by atoms with Gasteiger partial charge in [0.1, 0.15) is 0 Å². The Labute approximate surface area is 201 Å². The quantitative estimate of drug-likeness (QED) is 0.607. The average molecular weight is 464 g/mol. The first-order valence-electron chi connectivity index (χ1n) is 12.0. The van der Waals surface area contributed by atoms with E-state index in [0.29, 0.717) is 18.7 Å². The third kappa shape index (κ3) is 5.46. The Morgan fingerprint density at radius 1 is 1.03 bits per heavy atom. The monoisotopic (exact) mass is 463 g/mol. The van der Waals surface area contributed by atoms with Crippen molar-refractivity contribution >= 4 is 12.0 Å². The number of urea groups is 1. The molecule has 1 aromatic heterocycles. The highest BCUT2D eigenvalue weighted by molar-refractivity contribution is 5.95. The molecule has 1 N–H and O–H groups in total. The molecule has 1 unspecified atom stereocenters. The molecule has 0 spiro atoms. The van der Waals surface area contributed by atoms with Gasteiger partial charge < -0.3 is 10.1 Å². The van der Waals surface area contributed by atoms with Crippen LogP contribution in [0.2, 0.25) is 0 Å². The number of rotatable bonds is 8. The number of carbonyl (C=O) groups excluding carboxylic acids is 2. The zero-order valence-corrected chi connectivity index (χ0v) is 19.9. The topological polar surface area (TPSA) is 78.0 Å². The van der Waals surface area contributed by atoms with Gasteiger partial charge in [0.2, 0.25) is 0 Å². The van der Waals surface area contributed by atoms with Crippen molar-refractivity contribution in [3.63, 3.8) is 0 Å². The van der Waals surface area contributed by atoms with Crippen LogP contribution in [0.5, 0.6) is 0 Å². The number of hydrogen-bond donors (Lipinski definition) is 1. The zero-order chi connectivity index (χ0) is 23.9. The van der Waals surface area contributed by atoms with Crippen molar-refractivity contribution < 1.29 is 14.3 Å². The lowest BCUT2D eigenvalue weighted by atomic mass is 9.94. The Hall–Kier alpha value is -3.23. The van der Waals surface area contributed by atoms with Gasteiger partial charge in [-0.15, -0.1) is 0 Å². The summed E-state index contributed by atoms with van der Waals surface area (Å²) in [4.78, 5) is 36.8. The summed E-state index contributed by atoms with van der Waals surface area (Å²) in [5, 5.41) is 3.02. The molecule has 0 radical (unpaired) electrons. The van der Waals surface area contributed by atoms with Gasteiger partial charge >= 0.3 is 12.0 Å². The SMILES string of the molecule is CCOC(=O)C1=C(CN2CCN(Cc3cccnc3)CC2)N(CC)C(=O)NC1c1ccccc1. The van der Waals surface area contributed by atoms with E-state index in [0.717, 1.165) is 44.0 Å². The number of carbonyl (C=O) groups is 2. The minimum absolute atomic E-state index is 0.186. The fourth-order valence-electron chi connectivity index (χ4n) is 4.62. The highest BCUT2D eigenvalue weighted by Gasteiger charge is 2.38. The normalized spacial score (nSPS) is 19.8. The van der Waals surface area contributed by atoms with Gasteiger partial charge in [0.15, 0.2) is 0 Å². The number of hydrogen-bond acceptors (Lipinski definition) is 6. The lowest BCUT2D eigenvalue weighted by Gasteiger charge is -2.40. The molecule has 0 aliphatic carbocycles. The molecule has 0 saturated carbocycles. The van der Waals surface area contributed by atoms with Crippen LogP contribution in [0.15, 0.2) is 66.1 Å². The molecule has 4 rings (SSSR count). The standard InChI is InChI=1S/C26H33N5O3/c1-3-31-22(19-30-15-13-29(14-16-30)18-20-9-8-12-27-17-20)23(25(32)34-4-2)24(28-26(31)33)21-10-6-5-7-11-21/h5-12,17,24H,3-4,13-16,18-19H2,1-2H3,(H,28,33). The summed E-state index contributed by atoms with van der Waals surface area (Å²) in [6, 6.07) is 13.0. The van der Waals surface area contributed by atoms with Crippen LogP contribution in [0.4, 0.5) is 4.79 Å².